The van der Waals surface area contributed by atoms with Crippen molar-refractivity contribution in [1.29, 1.82) is 0 Å². The predicted octanol–water partition coefficient (Wildman–Crippen LogP) is 6.64. The summed E-state index contributed by atoms with van der Waals surface area (Å²) >= 11 is 7.06. The van der Waals surface area contributed by atoms with Crippen LogP contribution in [0.2, 0.25) is 5.02 Å². The molecule has 1 aliphatic heterocycles. The Labute approximate surface area is 281 Å². The zero-order valence-electron chi connectivity index (χ0n) is 27.5. The molecule has 5 aromatic rings. The number of esters is 1. The third kappa shape index (κ3) is 7.04. The van der Waals surface area contributed by atoms with Gasteiger partial charge < -0.3 is 24.5 Å². The van der Waals surface area contributed by atoms with Gasteiger partial charge in [0.1, 0.15) is 11.4 Å². The second-order valence-electron chi connectivity index (χ2n) is 11.8. The van der Waals surface area contributed by atoms with Crippen molar-refractivity contribution < 1.29 is 19.0 Å². The van der Waals surface area contributed by atoms with Crippen LogP contribution in [-0.4, -0.2) is 78.7 Å². The fourth-order valence-electron chi connectivity index (χ4n) is 6.61. The lowest BCUT2D eigenvalue weighted by molar-refractivity contribution is 0.0358. The molecule has 1 aliphatic rings. The van der Waals surface area contributed by atoms with Crippen molar-refractivity contribution >= 4 is 39.2 Å². The molecule has 1 fully saturated rings. The molecule has 0 saturated carbocycles. The van der Waals surface area contributed by atoms with Gasteiger partial charge in [0, 0.05) is 48.1 Å². The molecule has 0 atom stereocenters. The molecule has 2 aromatic heterocycles. The average molecular weight is 658 g/mol. The summed E-state index contributed by atoms with van der Waals surface area (Å²) in [5.41, 5.74) is 6.13. The summed E-state index contributed by atoms with van der Waals surface area (Å²) in [5.74, 6) is 0.486. The first-order valence-corrected chi connectivity index (χ1v) is 17.1. The SMILES string of the molecule is CCOC(=O)c1[nH]c2c(-c3c(CC)nn(CCN4CCOCC4)c3CNC)c(Cl)ccc2c1CCCOc1cccc2ccccc12. The average Bonchev–Trinajstić information content (AvgIpc) is 3.64. The molecule has 0 amide bonds. The Morgan fingerprint density at radius 3 is 2.62 bits per heavy atom. The molecule has 10 heteroatoms. The van der Waals surface area contributed by atoms with E-state index in [1.807, 2.05) is 50.4 Å². The van der Waals surface area contributed by atoms with E-state index in [0.717, 1.165) is 101 Å². The zero-order valence-corrected chi connectivity index (χ0v) is 28.3. The van der Waals surface area contributed by atoms with Crippen LogP contribution in [0.4, 0.5) is 0 Å². The van der Waals surface area contributed by atoms with Crippen LogP contribution in [-0.2, 0) is 35.4 Å². The first kappa shape index (κ1) is 33.0. The fraction of sp³-hybridized carbons (Fsp3) is 0.405. The molecule has 0 radical (unpaired) electrons. The van der Waals surface area contributed by atoms with Crippen LogP contribution in [0.15, 0.2) is 54.6 Å². The molecule has 0 aliphatic carbocycles. The van der Waals surface area contributed by atoms with Gasteiger partial charge in [-0.2, -0.15) is 5.10 Å². The number of hydrogen-bond acceptors (Lipinski definition) is 7. The van der Waals surface area contributed by atoms with Crippen LogP contribution in [0.25, 0.3) is 32.8 Å². The lowest BCUT2D eigenvalue weighted by atomic mass is 9.97. The summed E-state index contributed by atoms with van der Waals surface area (Å²) in [6, 6.07) is 18.3. The Balaban J connectivity index is 1.35. The van der Waals surface area contributed by atoms with E-state index < -0.39 is 0 Å². The fourth-order valence-corrected chi connectivity index (χ4v) is 6.86. The highest BCUT2D eigenvalue weighted by atomic mass is 35.5. The number of aromatic nitrogens is 3. The van der Waals surface area contributed by atoms with E-state index in [0.29, 0.717) is 36.7 Å². The summed E-state index contributed by atoms with van der Waals surface area (Å²) in [7, 11) is 1.95. The minimum Gasteiger partial charge on any atom is -0.493 e. The monoisotopic (exact) mass is 657 g/mol. The summed E-state index contributed by atoms with van der Waals surface area (Å²) in [4.78, 5) is 19.2. The highest BCUT2D eigenvalue weighted by Crippen LogP contribution is 2.41. The number of fused-ring (bicyclic) bond motifs is 2. The Bertz CT molecular complexity index is 1840. The highest BCUT2D eigenvalue weighted by Gasteiger charge is 2.27. The van der Waals surface area contributed by atoms with Crippen LogP contribution in [0.3, 0.4) is 0 Å². The van der Waals surface area contributed by atoms with Gasteiger partial charge in [0.2, 0.25) is 0 Å². The number of halogens is 1. The Morgan fingerprint density at radius 1 is 1.02 bits per heavy atom. The van der Waals surface area contributed by atoms with Gasteiger partial charge in [-0.1, -0.05) is 61.0 Å². The van der Waals surface area contributed by atoms with Gasteiger partial charge in [0.25, 0.3) is 0 Å². The number of benzene rings is 3. The number of carbonyl (C=O) groups is 1. The Kier molecular flexibility index (Phi) is 10.8. The van der Waals surface area contributed by atoms with Crippen LogP contribution >= 0.6 is 11.6 Å². The topological polar surface area (TPSA) is 93.6 Å². The number of nitrogens with one attached hydrogen (secondary N) is 2. The third-order valence-electron chi connectivity index (χ3n) is 8.88. The van der Waals surface area contributed by atoms with E-state index in [4.69, 9.17) is 30.9 Å². The number of aromatic amines is 1. The minimum absolute atomic E-state index is 0.285. The third-order valence-corrected chi connectivity index (χ3v) is 9.20. The molecular weight excluding hydrogens is 614 g/mol. The van der Waals surface area contributed by atoms with Crippen molar-refractivity contribution in [1.82, 2.24) is 25.0 Å². The standard InChI is InChI=1S/C37H44ClN5O4/c1-4-30-34(31(24-39-3)43(41-30)18-17-42-19-22-45-23-20-42)33-29(38)16-15-28-27(36(40-35(28)33)37(44)46-5-2)13-9-21-47-32-14-8-11-25-10-6-7-12-26(25)32/h6-8,10-12,14-16,39-40H,4-5,9,13,17-24H2,1-3H3. The zero-order chi connectivity index (χ0) is 32.8. The van der Waals surface area contributed by atoms with E-state index in [9.17, 15) is 4.79 Å². The second kappa shape index (κ2) is 15.3. The van der Waals surface area contributed by atoms with E-state index >= 15 is 0 Å². The van der Waals surface area contributed by atoms with Crippen molar-refractivity contribution in [2.45, 2.75) is 46.2 Å². The quantitative estimate of drug-likeness (QED) is 0.102. The van der Waals surface area contributed by atoms with Gasteiger partial charge in [0.05, 0.1) is 54.9 Å². The summed E-state index contributed by atoms with van der Waals surface area (Å²) < 4.78 is 19.4. The summed E-state index contributed by atoms with van der Waals surface area (Å²) in [6.45, 7) is 10.4. The van der Waals surface area contributed by atoms with Gasteiger partial charge in [0.15, 0.2) is 0 Å². The van der Waals surface area contributed by atoms with Crippen molar-refractivity contribution in [3.05, 3.63) is 82.3 Å². The van der Waals surface area contributed by atoms with Crippen LogP contribution in [0.1, 0.15) is 47.7 Å². The predicted molar refractivity (Wildman–Crippen MR) is 188 cm³/mol. The molecule has 6 rings (SSSR count). The second-order valence-corrected chi connectivity index (χ2v) is 12.2. The smallest absolute Gasteiger partial charge is 0.355 e. The van der Waals surface area contributed by atoms with Gasteiger partial charge in [-0.15, -0.1) is 0 Å². The van der Waals surface area contributed by atoms with E-state index in [1.165, 1.54) is 0 Å². The number of aryl methyl sites for hydroxylation is 2. The molecule has 2 N–H and O–H groups in total. The molecule has 1 saturated heterocycles. The van der Waals surface area contributed by atoms with E-state index in [2.05, 4.69) is 45.0 Å². The molecule has 0 unspecified atom stereocenters. The number of rotatable bonds is 14. The number of hydrogen-bond donors (Lipinski definition) is 2. The lowest BCUT2D eigenvalue weighted by Crippen LogP contribution is -2.38. The van der Waals surface area contributed by atoms with Crippen molar-refractivity contribution in [2.24, 2.45) is 0 Å². The number of carbonyl (C=O) groups excluding carboxylic acids is 1. The van der Waals surface area contributed by atoms with Crippen molar-refractivity contribution in [2.75, 3.05) is 53.1 Å². The maximum Gasteiger partial charge on any atom is 0.355 e. The van der Waals surface area contributed by atoms with Gasteiger partial charge in [-0.05, 0) is 56.3 Å². The molecule has 47 heavy (non-hydrogen) atoms. The molecule has 248 valence electrons. The van der Waals surface area contributed by atoms with Gasteiger partial charge in [-0.3, -0.25) is 9.58 Å². The largest absolute Gasteiger partial charge is 0.493 e. The normalized spacial score (nSPS) is 13.9. The molecular formula is C37H44ClN5O4. The number of H-pyrrole nitrogens is 1. The first-order valence-electron chi connectivity index (χ1n) is 16.7. The van der Waals surface area contributed by atoms with Crippen LogP contribution < -0.4 is 10.1 Å². The number of ether oxygens (including phenoxy) is 3. The lowest BCUT2D eigenvalue weighted by Gasteiger charge is -2.26. The maximum atomic E-state index is 13.3. The van der Waals surface area contributed by atoms with Gasteiger partial charge >= 0.3 is 5.97 Å². The molecule has 0 bridgehead atoms. The van der Waals surface area contributed by atoms with Crippen molar-refractivity contribution in [3.8, 4) is 16.9 Å². The Hall–Kier alpha value is -3.89. The van der Waals surface area contributed by atoms with Crippen molar-refractivity contribution in [3.63, 3.8) is 0 Å². The maximum absolute atomic E-state index is 13.3. The van der Waals surface area contributed by atoms with Crippen LogP contribution in [0.5, 0.6) is 5.75 Å². The van der Waals surface area contributed by atoms with E-state index in [1.54, 1.807) is 0 Å². The minimum atomic E-state index is -0.372. The molecule has 3 aromatic carbocycles. The Morgan fingerprint density at radius 2 is 1.83 bits per heavy atom. The van der Waals surface area contributed by atoms with Crippen LogP contribution in [0, 0.1) is 0 Å². The number of morpholine rings is 1. The summed E-state index contributed by atoms with van der Waals surface area (Å²) in [5, 5.41) is 12.2. The summed E-state index contributed by atoms with van der Waals surface area (Å²) in [6.07, 6.45) is 2.08. The molecule has 9 nitrogen and oxygen atoms in total. The molecule has 3 heterocycles. The van der Waals surface area contributed by atoms with E-state index in [-0.39, 0.29) is 12.6 Å². The first-order chi connectivity index (χ1) is 23.0. The molecule has 0 spiro atoms. The number of nitrogens with zero attached hydrogens (tertiary/aromatic N) is 3. The highest BCUT2D eigenvalue weighted by molar-refractivity contribution is 6.35. The van der Waals surface area contributed by atoms with Gasteiger partial charge in [-0.25, -0.2) is 4.79 Å².